The molecule has 0 spiro atoms. The fraction of sp³-hybridized carbons (Fsp3) is 0.533. The minimum Gasteiger partial charge on any atom is -0.346 e. The molecule has 0 saturated heterocycles. The molecule has 1 aromatic heterocycles. The Morgan fingerprint density at radius 3 is 2.74 bits per heavy atom. The topological polar surface area (TPSA) is 54.9 Å². The molecule has 0 radical (unpaired) electrons. The number of hydrogen-bond donors (Lipinski definition) is 1. The third-order valence-electron chi connectivity index (χ3n) is 3.86. The molecular formula is C15H19N3O. The van der Waals surface area contributed by atoms with Crippen LogP contribution in [0.5, 0.6) is 0 Å². The van der Waals surface area contributed by atoms with E-state index >= 15 is 0 Å². The van der Waals surface area contributed by atoms with Gasteiger partial charge in [0.05, 0.1) is 6.04 Å². The number of allylic oxidation sites excluding steroid dienone is 2. The van der Waals surface area contributed by atoms with Crippen LogP contribution >= 0.6 is 0 Å². The van der Waals surface area contributed by atoms with Crippen LogP contribution < -0.4 is 5.32 Å². The molecule has 1 amide bonds. The maximum absolute atomic E-state index is 12.2. The van der Waals surface area contributed by atoms with E-state index in [1.54, 1.807) is 6.20 Å². The Bertz CT molecular complexity index is 500. The van der Waals surface area contributed by atoms with Crippen LogP contribution in [0.25, 0.3) is 0 Å². The Hall–Kier alpha value is -1.71. The van der Waals surface area contributed by atoms with Crippen LogP contribution in [-0.4, -0.2) is 15.9 Å². The first-order valence-corrected chi connectivity index (χ1v) is 6.99. The number of nitrogens with one attached hydrogen (secondary N) is 1. The van der Waals surface area contributed by atoms with Crippen molar-refractivity contribution in [2.45, 2.75) is 38.6 Å². The number of aromatic nitrogens is 2. The van der Waals surface area contributed by atoms with Gasteiger partial charge in [-0.2, -0.15) is 0 Å². The van der Waals surface area contributed by atoms with E-state index < -0.39 is 0 Å². The second kappa shape index (κ2) is 5.11. The van der Waals surface area contributed by atoms with Gasteiger partial charge in [0.15, 0.2) is 5.82 Å². The van der Waals surface area contributed by atoms with E-state index in [2.05, 4.69) is 27.4 Å². The largest absolute Gasteiger partial charge is 0.346 e. The molecule has 19 heavy (non-hydrogen) atoms. The number of carbonyl (C=O) groups excluding carboxylic acids is 1. The predicted molar refractivity (Wildman–Crippen MR) is 72.2 cm³/mol. The Balaban J connectivity index is 1.72. The van der Waals surface area contributed by atoms with E-state index in [9.17, 15) is 4.79 Å². The summed E-state index contributed by atoms with van der Waals surface area (Å²) >= 11 is 0. The summed E-state index contributed by atoms with van der Waals surface area (Å²) in [5.41, 5.74) is 0.951. The van der Waals surface area contributed by atoms with Gasteiger partial charge in [0, 0.05) is 17.8 Å². The van der Waals surface area contributed by atoms with Crippen LogP contribution in [0.3, 0.4) is 0 Å². The summed E-state index contributed by atoms with van der Waals surface area (Å²) in [5, 5.41) is 3.16. The second-order valence-electron chi connectivity index (χ2n) is 5.52. The summed E-state index contributed by atoms with van der Waals surface area (Å²) in [7, 11) is 0. The average molecular weight is 257 g/mol. The van der Waals surface area contributed by atoms with Crippen LogP contribution in [-0.2, 0) is 4.79 Å². The Morgan fingerprint density at radius 1 is 1.37 bits per heavy atom. The van der Waals surface area contributed by atoms with Crippen molar-refractivity contribution in [2.75, 3.05) is 0 Å². The number of nitrogens with zero attached hydrogens (tertiary/aromatic N) is 2. The summed E-state index contributed by atoms with van der Waals surface area (Å²) in [5.74, 6) is 1.53. The van der Waals surface area contributed by atoms with Crippen molar-refractivity contribution in [3.05, 3.63) is 35.9 Å². The first-order valence-electron chi connectivity index (χ1n) is 6.99. The number of carbonyl (C=O) groups is 1. The quantitative estimate of drug-likeness (QED) is 0.842. The molecule has 2 aliphatic rings. The van der Waals surface area contributed by atoms with Gasteiger partial charge in [-0.25, -0.2) is 9.97 Å². The molecule has 1 fully saturated rings. The molecule has 4 nitrogen and oxygen atoms in total. The Labute approximate surface area is 113 Å². The SMILES string of the molecule is Cc1ccnc([C@@H](NC(=O)C2CC=CC2)C2CC2)n1. The molecule has 0 aliphatic heterocycles. The zero-order chi connectivity index (χ0) is 13.2. The fourth-order valence-corrected chi connectivity index (χ4v) is 2.54. The molecule has 100 valence electrons. The monoisotopic (exact) mass is 257 g/mol. The highest BCUT2D eigenvalue weighted by Crippen LogP contribution is 2.40. The van der Waals surface area contributed by atoms with Crippen molar-refractivity contribution in [1.82, 2.24) is 15.3 Å². The van der Waals surface area contributed by atoms with Crippen molar-refractivity contribution in [1.29, 1.82) is 0 Å². The van der Waals surface area contributed by atoms with Gasteiger partial charge >= 0.3 is 0 Å². The third-order valence-corrected chi connectivity index (χ3v) is 3.86. The lowest BCUT2D eigenvalue weighted by atomic mass is 10.0. The van der Waals surface area contributed by atoms with Crippen LogP contribution in [0.15, 0.2) is 24.4 Å². The van der Waals surface area contributed by atoms with Gasteiger partial charge in [-0.3, -0.25) is 4.79 Å². The van der Waals surface area contributed by atoms with Crippen molar-refractivity contribution >= 4 is 5.91 Å². The lowest BCUT2D eigenvalue weighted by Crippen LogP contribution is -2.35. The normalized spacial score (nSPS) is 20.5. The molecule has 3 rings (SSSR count). The highest BCUT2D eigenvalue weighted by molar-refractivity contribution is 5.79. The molecule has 1 atom stereocenters. The summed E-state index contributed by atoms with van der Waals surface area (Å²) in [6.45, 7) is 1.96. The molecule has 1 aromatic rings. The molecule has 2 aliphatic carbocycles. The molecule has 0 bridgehead atoms. The Kier molecular flexibility index (Phi) is 3.32. The molecule has 1 saturated carbocycles. The highest BCUT2D eigenvalue weighted by atomic mass is 16.2. The van der Waals surface area contributed by atoms with E-state index in [1.807, 2.05) is 13.0 Å². The molecular weight excluding hydrogens is 238 g/mol. The average Bonchev–Trinajstić information content (AvgIpc) is 3.09. The second-order valence-corrected chi connectivity index (χ2v) is 5.52. The molecule has 0 aromatic carbocycles. The predicted octanol–water partition coefficient (Wildman–Crippen LogP) is 2.32. The van der Waals surface area contributed by atoms with E-state index in [0.29, 0.717) is 5.92 Å². The van der Waals surface area contributed by atoms with Crippen molar-refractivity contribution in [3.8, 4) is 0 Å². The Morgan fingerprint density at radius 2 is 2.11 bits per heavy atom. The van der Waals surface area contributed by atoms with Gasteiger partial charge < -0.3 is 5.32 Å². The molecule has 0 unspecified atom stereocenters. The zero-order valence-electron chi connectivity index (χ0n) is 11.2. The van der Waals surface area contributed by atoms with Gasteiger partial charge in [-0.1, -0.05) is 12.2 Å². The highest BCUT2D eigenvalue weighted by Gasteiger charge is 2.36. The first-order chi connectivity index (χ1) is 9.24. The maximum Gasteiger partial charge on any atom is 0.224 e. The summed E-state index contributed by atoms with van der Waals surface area (Å²) < 4.78 is 0. The zero-order valence-corrected chi connectivity index (χ0v) is 11.2. The fourth-order valence-electron chi connectivity index (χ4n) is 2.54. The number of hydrogen-bond acceptors (Lipinski definition) is 3. The minimum atomic E-state index is -0.00648. The summed E-state index contributed by atoms with van der Waals surface area (Å²) in [6.07, 6.45) is 9.97. The molecule has 1 heterocycles. The lowest BCUT2D eigenvalue weighted by Gasteiger charge is -2.19. The van der Waals surface area contributed by atoms with Crippen molar-refractivity contribution < 1.29 is 4.79 Å². The minimum absolute atomic E-state index is 0.00648. The van der Waals surface area contributed by atoms with Gasteiger partial charge in [0.2, 0.25) is 5.91 Å². The van der Waals surface area contributed by atoms with Gasteiger partial charge in [0.1, 0.15) is 0 Å². The first kappa shape index (κ1) is 12.3. The van der Waals surface area contributed by atoms with Gasteiger partial charge in [-0.15, -0.1) is 0 Å². The van der Waals surface area contributed by atoms with Crippen LogP contribution in [0.4, 0.5) is 0 Å². The van der Waals surface area contributed by atoms with Crippen molar-refractivity contribution in [3.63, 3.8) is 0 Å². The number of aryl methyl sites for hydroxylation is 1. The third kappa shape index (κ3) is 2.83. The number of amides is 1. The van der Waals surface area contributed by atoms with Crippen molar-refractivity contribution in [2.24, 2.45) is 11.8 Å². The smallest absolute Gasteiger partial charge is 0.224 e. The lowest BCUT2D eigenvalue weighted by molar-refractivity contribution is -0.125. The van der Waals surface area contributed by atoms with E-state index in [-0.39, 0.29) is 17.9 Å². The standard InChI is InChI=1S/C15H19N3O/c1-10-8-9-16-14(17-10)13(11-6-7-11)18-15(19)12-4-2-3-5-12/h2-3,8-9,11-13H,4-7H2,1H3,(H,18,19)/t13-/m0/s1. The molecule has 1 N–H and O–H groups in total. The van der Waals surface area contributed by atoms with E-state index in [4.69, 9.17) is 0 Å². The maximum atomic E-state index is 12.2. The van der Waals surface area contributed by atoms with E-state index in [1.165, 1.54) is 0 Å². The van der Waals surface area contributed by atoms with Gasteiger partial charge in [-0.05, 0) is 44.6 Å². The summed E-state index contributed by atoms with van der Waals surface area (Å²) in [6, 6.07) is 1.88. The van der Waals surface area contributed by atoms with Gasteiger partial charge in [0.25, 0.3) is 0 Å². The van der Waals surface area contributed by atoms with Crippen LogP contribution in [0.2, 0.25) is 0 Å². The molecule has 4 heteroatoms. The number of rotatable bonds is 4. The summed E-state index contributed by atoms with van der Waals surface area (Å²) in [4.78, 5) is 21.1. The van der Waals surface area contributed by atoms with E-state index in [0.717, 1.165) is 37.2 Å². The van der Waals surface area contributed by atoms with Crippen LogP contribution in [0, 0.1) is 18.8 Å². The van der Waals surface area contributed by atoms with Crippen LogP contribution in [0.1, 0.15) is 43.2 Å².